The van der Waals surface area contributed by atoms with Crippen LogP contribution in [0.3, 0.4) is 0 Å². The van der Waals surface area contributed by atoms with Gasteiger partial charge in [-0.1, -0.05) is 35.0 Å². The highest BCUT2D eigenvalue weighted by Gasteiger charge is 2.32. The molecule has 1 atom stereocenters. The molecule has 3 rings (SSSR count). The normalized spacial score (nSPS) is 12.6. The highest BCUT2D eigenvalue weighted by Crippen LogP contribution is 2.32. The number of amides is 1. The third kappa shape index (κ3) is 5.05. The average molecular weight is 476 g/mol. The molecule has 2 aromatic heterocycles. The Morgan fingerprint density at radius 3 is 2.53 bits per heavy atom. The number of nitrogens with one attached hydrogen (secondary N) is 1. The van der Waals surface area contributed by atoms with Crippen molar-refractivity contribution in [3.05, 3.63) is 63.5 Å². The van der Waals surface area contributed by atoms with Crippen LogP contribution in [0.15, 0.2) is 41.7 Å². The second-order valence-electron chi connectivity index (χ2n) is 6.12. The number of alkyl halides is 3. The minimum Gasteiger partial charge on any atom is -0.342 e. The first kappa shape index (κ1) is 22.4. The fourth-order valence-corrected chi connectivity index (χ4v) is 3.26. The molecular weight excluding hydrogens is 462 g/mol. The second-order valence-corrected chi connectivity index (χ2v) is 7.77. The van der Waals surface area contributed by atoms with Gasteiger partial charge in [0.2, 0.25) is 5.16 Å². The first-order valence-corrected chi connectivity index (χ1v) is 10.4. The average Bonchev–Trinajstić information content (AvgIpc) is 3.12. The summed E-state index contributed by atoms with van der Waals surface area (Å²) in [7, 11) is 0. The van der Waals surface area contributed by atoms with E-state index >= 15 is 0 Å². The van der Waals surface area contributed by atoms with Crippen molar-refractivity contribution in [3.8, 4) is 5.82 Å². The number of carbonyl (C=O) groups excluding carboxylic acids is 1. The molecule has 0 saturated carbocycles. The van der Waals surface area contributed by atoms with Gasteiger partial charge in [-0.3, -0.25) is 4.79 Å². The predicted molar refractivity (Wildman–Crippen MR) is 108 cm³/mol. The van der Waals surface area contributed by atoms with Crippen molar-refractivity contribution in [2.75, 3.05) is 6.26 Å². The van der Waals surface area contributed by atoms with Crippen LogP contribution in [0.25, 0.3) is 5.82 Å². The van der Waals surface area contributed by atoms with Gasteiger partial charge in [0.15, 0.2) is 11.6 Å². The lowest BCUT2D eigenvalue weighted by Crippen LogP contribution is -2.29. The van der Waals surface area contributed by atoms with Gasteiger partial charge in [0.1, 0.15) is 0 Å². The van der Waals surface area contributed by atoms with E-state index in [-0.39, 0.29) is 10.6 Å². The monoisotopic (exact) mass is 475 g/mol. The third-order valence-electron chi connectivity index (χ3n) is 3.95. The van der Waals surface area contributed by atoms with E-state index in [2.05, 4.69) is 20.4 Å². The summed E-state index contributed by atoms with van der Waals surface area (Å²) < 4.78 is 40.5. The maximum Gasteiger partial charge on any atom is 0.416 e. The van der Waals surface area contributed by atoms with Gasteiger partial charge in [0.05, 0.1) is 16.6 Å². The number of carbonyl (C=O) groups is 1. The molecule has 0 aliphatic carbocycles. The Bertz CT molecular complexity index is 1070. The van der Waals surface area contributed by atoms with E-state index in [1.54, 1.807) is 25.3 Å². The van der Waals surface area contributed by atoms with E-state index in [0.717, 1.165) is 18.2 Å². The summed E-state index contributed by atoms with van der Waals surface area (Å²) in [5.74, 6) is 0.0332. The number of pyridine rings is 1. The van der Waals surface area contributed by atoms with Crippen LogP contribution in [-0.4, -0.2) is 31.9 Å². The molecule has 1 N–H and O–H groups in total. The number of aromatic nitrogens is 4. The van der Waals surface area contributed by atoms with Crippen LogP contribution in [0.5, 0.6) is 0 Å². The Kier molecular flexibility index (Phi) is 6.59. The van der Waals surface area contributed by atoms with Crippen LogP contribution >= 0.6 is 35.0 Å². The van der Waals surface area contributed by atoms with Crippen molar-refractivity contribution in [3.63, 3.8) is 0 Å². The number of thioether (sulfide) groups is 1. The Balaban J connectivity index is 1.90. The predicted octanol–water partition coefficient (Wildman–Crippen LogP) is 5.20. The summed E-state index contributed by atoms with van der Waals surface area (Å²) >= 11 is 12.9. The molecule has 6 nitrogen and oxygen atoms in total. The van der Waals surface area contributed by atoms with E-state index in [1.165, 1.54) is 22.6 Å². The van der Waals surface area contributed by atoms with Crippen molar-refractivity contribution in [1.82, 2.24) is 25.1 Å². The quantitative estimate of drug-likeness (QED) is 0.513. The van der Waals surface area contributed by atoms with E-state index in [0.29, 0.717) is 21.8 Å². The van der Waals surface area contributed by atoms with Gasteiger partial charge in [-0.15, -0.1) is 5.10 Å². The molecule has 3 aromatic rings. The lowest BCUT2D eigenvalue weighted by Gasteiger charge is -2.15. The largest absolute Gasteiger partial charge is 0.416 e. The molecule has 0 fully saturated rings. The first-order chi connectivity index (χ1) is 14.1. The number of benzene rings is 1. The van der Waals surface area contributed by atoms with Gasteiger partial charge in [0.25, 0.3) is 5.91 Å². The fraction of sp³-hybridized carbons (Fsp3) is 0.222. The number of hydrogen-bond acceptors (Lipinski definition) is 5. The Labute approximate surface area is 183 Å². The maximum absolute atomic E-state index is 13.0. The van der Waals surface area contributed by atoms with Crippen LogP contribution in [-0.2, 0) is 6.18 Å². The van der Waals surface area contributed by atoms with E-state index in [9.17, 15) is 18.0 Å². The SMILES string of the molecule is CSc1nc(C(C)NC(=O)c2cc(Cl)cc(C(F)(F)F)c2)n(-c2ccc(Cl)cn2)n1. The lowest BCUT2D eigenvalue weighted by molar-refractivity contribution is -0.137. The number of nitrogens with zero attached hydrogens (tertiary/aromatic N) is 4. The molecule has 0 radical (unpaired) electrons. The third-order valence-corrected chi connectivity index (χ3v) is 4.93. The molecule has 158 valence electrons. The van der Waals surface area contributed by atoms with Crippen LogP contribution in [0.1, 0.15) is 34.7 Å². The molecule has 30 heavy (non-hydrogen) atoms. The molecule has 0 bridgehead atoms. The Morgan fingerprint density at radius 1 is 1.20 bits per heavy atom. The van der Waals surface area contributed by atoms with Crippen molar-refractivity contribution in [2.24, 2.45) is 0 Å². The second kappa shape index (κ2) is 8.83. The van der Waals surface area contributed by atoms with Crippen molar-refractivity contribution < 1.29 is 18.0 Å². The van der Waals surface area contributed by atoms with Crippen molar-refractivity contribution in [1.29, 1.82) is 0 Å². The highest BCUT2D eigenvalue weighted by atomic mass is 35.5. The number of rotatable bonds is 5. The molecule has 0 aliphatic rings. The van der Waals surface area contributed by atoms with Gasteiger partial charge >= 0.3 is 6.18 Å². The minimum atomic E-state index is -4.63. The van der Waals surface area contributed by atoms with E-state index in [4.69, 9.17) is 23.2 Å². The van der Waals surface area contributed by atoms with Crippen LogP contribution in [0.2, 0.25) is 10.0 Å². The fourth-order valence-electron chi connectivity index (χ4n) is 2.56. The van der Waals surface area contributed by atoms with Crippen molar-refractivity contribution >= 4 is 40.9 Å². The first-order valence-electron chi connectivity index (χ1n) is 8.40. The summed E-state index contributed by atoms with van der Waals surface area (Å²) in [6, 6.07) is 5.23. The van der Waals surface area contributed by atoms with Crippen LogP contribution < -0.4 is 5.32 Å². The lowest BCUT2D eigenvalue weighted by atomic mass is 10.1. The molecule has 1 amide bonds. The standard InChI is InChI=1S/C18H14Cl2F3N5OS/c1-9(25-16(29)10-5-11(18(21,22)23)7-13(20)6-10)15-26-17(30-2)27-28(15)14-4-3-12(19)8-24-14/h3-9H,1-2H3,(H,25,29). The molecule has 0 aliphatic heterocycles. The summed E-state index contributed by atoms with van der Waals surface area (Å²) in [5, 5.41) is 7.64. The van der Waals surface area contributed by atoms with Gasteiger partial charge in [-0.2, -0.15) is 17.9 Å². The van der Waals surface area contributed by atoms with Gasteiger partial charge in [-0.25, -0.2) is 9.97 Å². The topological polar surface area (TPSA) is 72.7 Å². The van der Waals surface area contributed by atoms with Gasteiger partial charge in [-0.05, 0) is 43.5 Å². The summed E-state index contributed by atoms with van der Waals surface area (Å²) in [6.07, 6.45) is -1.40. The summed E-state index contributed by atoms with van der Waals surface area (Å²) in [5.41, 5.74) is -1.23. The highest BCUT2D eigenvalue weighted by molar-refractivity contribution is 7.98. The number of hydrogen-bond donors (Lipinski definition) is 1. The number of halogens is 5. The smallest absolute Gasteiger partial charge is 0.342 e. The van der Waals surface area contributed by atoms with E-state index in [1.807, 2.05) is 0 Å². The van der Waals surface area contributed by atoms with Gasteiger partial charge < -0.3 is 5.32 Å². The maximum atomic E-state index is 13.0. The van der Waals surface area contributed by atoms with Crippen LogP contribution in [0, 0.1) is 0 Å². The molecule has 0 saturated heterocycles. The molecular formula is C18H14Cl2F3N5OS. The Morgan fingerprint density at radius 2 is 1.93 bits per heavy atom. The molecule has 0 spiro atoms. The zero-order chi connectivity index (χ0) is 22.1. The Hall–Kier alpha value is -2.30. The van der Waals surface area contributed by atoms with Crippen molar-refractivity contribution in [2.45, 2.75) is 24.3 Å². The minimum absolute atomic E-state index is 0.194. The van der Waals surface area contributed by atoms with E-state index < -0.39 is 23.7 Å². The molecule has 1 aromatic carbocycles. The van der Waals surface area contributed by atoms with Gasteiger partial charge in [0, 0.05) is 16.8 Å². The molecule has 1 unspecified atom stereocenters. The molecule has 12 heteroatoms. The van der Waals surface area contributed by atoms with Crippen LogP contribution in [0.4, 0.5) is 13.2 Å². The zero-order valence-electron chi connectivity index (χ0n) is 15.5. The summed E-state index contributed by atoms with van der Waals surface area (Å²) in [4.78, 5) is 21.2. The summed E-state index contributed by atoms with van der Waals surface area (Å²) in [6.45, 7) is 1.63. The molecule has 2 heterocycles. The zero-order valence-corrected chi connectivity index (χ0v) is 17.9.